The number of primary amides is 1. The van der Waals surface area contributed by atoms with E-state index in [9.17, 15) is 4.79 Å². The molecule has 0 spiro atoms. The number of ether oxygens (including phenoxy) is 1. The third-order valence-corrected chi connectivity index (χ3v) is 2.53. The summed E-state index contributed by atoms with van der Waals surface area (Å²) in [6, 6.07) is 0. The Morgan fingerprint density at radius 1 is 1.59 bits per heavy atom. The van der Waals surface area contributed by atoms with Crippen molar-refractivity contribution in [2.75, 3.05) is 13.7 Å². The van der Waals surface area contributed by atoms with E-state index in [2.05, 4.69) is 17.2 Å². The molecule has 1 aromatic heterocycles. The highest BCUT2D eigenvalue weighted by Crippen LogP contribution is 2.10. The van der Waals surface area contributed by atoms with Crippen LogP contribution in [-0.2, 0) is 28.9 Å². The van der Waals surface area contributed by atoms with E-state index in [1.165, 1.54) is 0 Å². The second-order valence-corrected chi connectivity index (χ2v) is 4.22. The Balaban J connectivity index is 2.78. The molecule has 0 saturated heterocycles. The fourth-order valence-corrected chi connectivity index (χ4v) is 1.84. The molecule has 0 radical (unpaired) electrons. The first-order chi connectivity index (χ1) is 8.08. The van der Waals surface area contributed by atoms with Crippen LogP contribution >= 0.6 is 0 Å². The first-order valence-electron chi connectivity index (χ1n) is 5.76. The molecular weight excluding hydrogens is 220 g/mol. The average Bonchev–Trinajstić information content (AvgIpc) is 2.59. The molecule has 0 aromatic carbocycles. The molecule has 0 aliphatic heterocycles. The Morgan fingerprint density at radius 3 is 2.82 bits per heavy atom. The first kappa shape index (κ1) is 13.6. The smallest absolute Gasteiger partial charge is 0.223 e. The van der Waals surface area contributed by atoms with Gasteiger partial charge in [-0.1, -0.05) is 19.1 Å². The lowest BCUT2D eigenvalue weighted by molar-refractivity contribution is -0.117. The van der Waals surface area contributed by atoms with E-state index < -0.39 is 0 Å². The minimum absolute atomic E-state index is 0.155. The van der Waals surface area contributed by atoms with Crippen molar-refractivity contribution in [1.29, 1.82) is 0 Å². The van der Waals surface area contributed by atoms with Crippen LogP contribution in [0.4, 0.5) is 0 Å². The standard InChI is InChI=1S/C11H20N4O2/c1-4-10-9(5-11(12)16)13-14-15(10)6-8(2)7-17-3/h8H,4-7H2,1-3H3,(H2,12,16). The SMILES string of the molecule is CCc1c(CC(N)=O)nnn1CC(C)COC. The fourth-order valence-electron chi connectivity index (χ4n) is 1.84. The number of amides is 1. The molecule has 1 amide bonds. The van der Waals surface area contributed by atoms with E-state index in [-0.39, 0.29) is 12.3 Å². The van der Waals surface area contributed by atoms with Gasteiger partial charge < -0.3 is 10.5 Å². The molecule has 6 nitrogen and oxygen atoms in total. The molecular formula is C11H20N4O2. The quantitative estimate of drug-likeness (QED) is 0.735. The van der Waals surface area contributed by atoms with Gasteiger partial charge in [0.15, 0.2) is 0 Å². The van der Waals surface area contributed by atoms with Gasteiger partial charge in [-0.05, 0) is 12.3 Å². The van der Waals surface area contributed by atoms with Crippen LogP contribution in [0.2, 0.25) is 0 Å². The molecule has 0 fully saturated rings. The second kappa shape index (κ2) is 6.34. The summed E-state index contributed by atoms with van der Waals surface area (Å²) in [7, 11) is 1.68. The summed E-state index contributed by atoms with van der Waals surface area (Å²) in [5, 5.41) is 8.08. The zero-order valence-corrected chi connectivity index (χ0v) is 10.6. The van der Waals surface area contributed by atoms with Gasteiger partial charge in [-0.25, -0.2) is 4.68 Å². The van der Waals surface area contributed by atoms with Gasteiger partial charge >= 0.3 is 0 Å². The van der Waals surface area contributed by atoms with Crippen LogP contribution in [0, 0.1) is 5.92 Å². The molecule has 0 bridgehead atoms. The third kappa shape index (κ3) is 3.81. The van der Waals surface area contributed by atoms with E-state index in [1.54, 1.807) is 7.11 Å². The van der Waals surface area contributed by atoms with Crippen molar-refractivity contribution in [3.63, 3.8) is 0 Å². The number of aromatic nitrogens is 3. The maximum absolute atomic E-state index is 10.9. The number of hydrogen-bond acceptors (Lipinski definition) is 4. The van der Waals surface area contributed by atoms with Crippen molar-refractivity contribution in [2.24, 2.45) is 11.7 Å². The van der Waals surface area contributed by atoms with Crippen molar-refractivity contribution >= 4 is 5.91 Å². The molecule has 0 aliphatic carbocycles. The van der Waals surface area contributed by atoms with E-state index in [0.29, 0.717) is 18.2 Å². The van der Waals surface area contributed by atoms with Gasteiger partial charge in [-0.15, -0.1) is 5.10 Å². The Kier molecular flexibility index (Phi) is 5.09. The lowest BCUT2D eigenvalue weighted by atomic mass is 10.1. The molecule has 1 aromatic rings. The summed E-state index contributed by atoms with van der Waals surface area (Å²) in [6.07, 6.45) is 0.942. The Labute approximate surface area is 101 Å². The van der Waals surface area contributed by atoms with Gasteiger partial charge in [0.2, 0.25) is 5.91 Å². The molecule has 1 rings (SSSR count). The molecule has 96 valence electrons. The summed E-state index contributed by atoms with van der Waals surface area (Å²) in [5.74, 6) is -0.0230. The molecule has 0 saturated carbocycles. The molecule has 2 N–H and O–H groups in total. The van der Waals surface area contributed by atoms with Crippen LogP contribution in [0.15, 0.2) is 0 Å². The van der Waals surface area contributed by atoms with Crippen molar-refractivity contribution < 1.29 is 9.53 Å². The molecule has 6 heteroatoms. The van der Waals surface area contributed by atoms with Gasteiger partial charge in [0.05, 0.1) is 24.4 Å². The number of methoxy groups -OCH3 is 1. The number of nitrogens with zero attached hydrogens (tertiary/aromatic N) is 3. The van der Waals surface area contributed by atoms with Gasteiger partial charge in [0.25, 0.3) is 0 Å². The molecule has 1 heterocycles. The summed E-state index contributed by atoms with van der Waals surface area (Å²) < 4.78 is 6.92. The minimum atomic E-state index is -0.378. The number of carbonyl (C=O) groups excluding carboxylic acids is 1. The number of hydrogen-bond donors (Lipinski definition) is 1. The number of nitrogens with two attached hydrogens (primary N) is 1. The van der Waals surface area contributed by atoms with Crippen molar-refractivity contribution in [3.05, 3.63) is 11.4 Å². The average molecular weight is 240 g/mol. The third-order valence-electron chi connectivity index (χ3n) is 2.53. The fraction of sp³-hybridized carbons (Fsp3) is 0.727. The highest BCUT2D eigenvalue weighted by atomic mass is 16.5. The summed E-state index contributed by atoms with van der Waals surface area (Å²) in [6.45, 7) is 5.51. The summed E-state index contributed by atoms with van der Waals surface area (Å²) >= 11 is 0. The van der Waals surface area contributed by atoms with Crippen molar-refractivity contribution in [3.8, 4) is 0 Å². The number of carbonyl (C=O) groups is 1. The Morgan fingerprint density at radius 2 is 2.29 bits per heavy atom. The second-order valence-electron chi connectivity index (χ2n) is 4.22. The lowest BCUT2D eigenvalue weighted by Crippen LogP contribution is -2.17. The van der Waals surface area contributed by atoms with Crippen LogP contribution in [0.25, 0.3) is 0 Å². The van der Waals surface area contributed by atoms with Crippen molar-refractivity contribution in [1.82, 2.24) is 15.0 Å². The van der Waals surface area contributed by atoms with Crippen LogP contribution in [0.3, 0.4) is 0 Å². The molecule has 17 heavy (non-hydrogen) atoms. The minimum Gasteiger partial charge on any atom is -0.384 e. The first-order valence-corrected chi connectivity index (χ1v) is 5.76. The van der Waals surface area contributed by atoms with Crippen LogP contribution in [0.5, 0.6) is 0 Å². The van der Waals surface area contributed by atoms with E-state index >= 15 is 0 Å². The Bertz CT molecular complexity index is 376. The zero-order chi connectivity index (χ0) is 12.8. The molecule has 1 unspecified atom stereocenters. The van der Waals surface area contributed by atoms with Crippen LogP contribution < -0.4 is 5.73 Å². The normalized spacial score (nSPS) is 12.6. The molecule has 1 atom stereocenters. The predicted octanol–water partition coefficient (Wildman–Crippen LogP) is 0.151. The van der Waals surface area contributed by atoms with Gasteiger partial charge in [0.1, 0.15) is 0 Å². The highest BCUT2D eigenvalue weighted by molar-refractivity contribution is 5.76. The van der Waals surface area contributed by atoms with Gasteiger partial charge in [-0.2, -0.15) is 0 Å². The maximum Gasteiger partial charge on any atom is 0.223 e. The van der Waals surface area contributed by atoms with Crippen molar-refractivity contribution in [2.45, 2.75) is 33.2 Å². The topological polar surface area (TPSA) is 83.0 Å². The predicted molar refractivity (Wildman–Crippen MR) is 63.3 cm³/mol. The van der Waals surface area contributed by atoms with E-state index in [4.69, 9.17) is 10.5 Å². The monoisotopic (exact) mass is 240 g/mol. The lowest BCUT2D eigenvalue weighted by Gasteiger charge is -2.11. The van der Waals surface area contributed by atoms with Gasteiger partial charge in [0, 0.05) is 13.7 Å². The zero-order valence-electron chi connectivity index (χ0n) is 10.6. The van der Waals surface area contributed by atoms with Crippen LogP contribution in [0.1, 0.15) is 25.2 Å². The number of rotatable bonds is 7. The summed E-state index contributed by atoms with van der Waals surface area (Å²) in [4.78, 5) is 10.9. The molecule has 0 aliphatic rings. The van der Waals surface area contributed by atoms with E-state index in [0.717, 1.165) is 18.7 Å². The van der Waals surface area contributed by atoms with E-state index in [1.807, 2.05) is 11.6 Å². The maximum atomic E-state index is 10.9. The van der Waals surface area contributed by atoms with Crippen LogP contribution in [-0.4, -0.2) is 34.6 Å². The van der Waals surface area contributed by atoms with Gasteiger partial charge in [-0.3, -0.25) is 4.79 Å². The Hall–Kier alpha value is -1.43. The highest BCUT2D eigenvalue weighted by Gasteiger charge is 2.14. The summed E-state index contributed by atoms with van der Waals surface area (Å²) in [5.41, 5.74) is 6.83. The largest absolute Gasteiger partial charge is 0.384 e.